The summed E-state index contributed by atoms with van der Waals surface area (Å²) in [6, 6.07) is 1.96. The van der Waals surface area contributed by atoms with E-state index in [0.29, 0.717) is 0 Å². The highest BCUT2D eigenvalue weighted by Gasteiger charge is 2.23. The van der Waals surface area contributed by atoms with Gasteiger partial charge >= 0.3 is 0 Å². The van der Waals surface area contributed by atoms with Crippen molar-refractivity contribution in [1.82, 2.24) is 9.88 Å². The number of rotatable bonds is 2. The van der Waals surface area contributed by atoms with E-state index in [0.717, 1.165) is 39.8 Å². The maximum Gasteiger partial charge on any atom is 0.254 e. The highest BCUT2D eigenvalue weighted by atomic mass is 127. The standard InChI is InChI=1S/C12H12IN3OS2/c13-10-7-9(8-19-10)11(17)15-2-4-16(5-3-15)12-14-1-6-18-12/h1,6-8H,2-5H2. The van der Waals surface area contributed by atoms with Crippen molar-refractivity contribution >= 4 is 56.3 Å². The number of hydrogen-bond donors (Lipinski definition) is 0. The topological polar surface area (TPSA) is 36.4 Å². The lowest BCUT2D eigenvalue weighted by Crippen LogP contribution is -2.48. The predicted octanol–water partition coefficient (Wildman–Crippen LogP) is 2.77. The second kappa shape index (κ2) is 5.76. The van der Waals surface area contributed by atoms with E-state index in [2.05, 4.69) is 32.5 Å². The first kappa shape index (κ1) is 13.3. The molecule has 3 heterocycles. The summed E-state index contributed by atoms with van der Waals surface area (Å²) >= 11 is 5.51. The van der Waals surface area contributed by atoms with Crippen LogP contribution in [0.2, 0.25) is 0 Å². The minimum absolute atomic E-state index is 0.151. The highest BCUT2D eigenvalue weighted by molar-refractivity contribution is 14.1. The number of amides is 1. The normalized spacial score (nSPS) is 15.8. The quantitative estimate of drug-likeness (QED) is 0.722. The maximum absolute atomic E-state index is 12.3. The highest BCUT2D eigenvalue weighted by Crippen LogP contribution is 2.21. The van der Waals surface area contributed by atoms with Crippen LogP contribution in [0.1, 0.15) is 10.4 Å². The van der Waals surface area contributed by atoms with Crippen LogP contribution in [-0.2, 0) is 0 Å². The molecule has 1 saturated heterocycles. The van der Waals surface area contributed by atoms with E-state index in [9.17, 15) is 4.79 Å². The fraction of sp³-hybridized carbons (Fsp3) is 0.333. The first-order chi connectivity index (χ1) is 9.24. The van der Waals surface area contributed by atoms with Gasteiger partial charge in [0.1, 0.15) is 0 Å². The lowest BCUT2D eigenvalue weighted by Gasteiger charge is -2.34. The minimum Gasteiger partial charge on any atom is -0.345 e. The number of carbonyl (C=O) groups excluding carboxylic acids is 1. The molecular formula is C12H12IN3OS2. The third kappa shape index (κ3) is 2.92. The minimum atomic E-state index is 0.151. The fourth-order valence-electron chi connectivity index (χ4n) is 2.08. The smallest absolute Gasteiger partial charge is 0.254 e. The maximum atomic E-state index is 12.3. The van der Waals surface area contributed by atoms with Crippen molar-refractivity contribution in [2.75, 3.05) is 31.1 Å². The van der Waals surface area contributed by atoms with E-state index in [-0.39, 0.29) is 5.91 Å². The molecule has 100 valence electrons. The lowest BCUT2D eigenvalue weighted by molar-refractivity contribution is 0.0747. The van der Waals surface area contributed by atoms with E-state index in [1.807, 2.05) is 27.9 Å². The molecule has 0 radical (unpaired) electrons. The van der Waals surface area contributed by atoms with Crippen molar-refractivity contribution in [1.29, 1.82) is 0 Å². The van der Waals surface area contributed by atoms with Crippen LogP contribution in [0.3, 0.4) is 0 Å². The zero-order valence-electron chi connectivity index (χ0n) is 10.1. The number of piperazine rings is 1. The Labute approximate surface area is 133 Å². The average Bonchev–Trinajstić information content (AvgIpc) is 3.09. The molecule has 0 spiro atoms. The van der Waals surface area contributed by atoms with Crippen LogP contribution in [0.25, 0.3) is 0 Å². The second-order valence-corrected chi connectivity index (χ2v) is 7.91. The van der Waals surface area contributed by atoms with Crippen LogP contribution in [0, 0.1) is 2.88 Å². The molecule has 0 N–H and O–H groups in total. The number of aromatic nitrogens is 1. The monoisotopic (exact) mass is 405 g/mol. The fourth-order valence-corrected chi connectivity index (χ4v) is 4.09. The molecule has 2 aromatic heterocycles. The Balaban J connectivity index is 1.62. The van der Waals surface area contributed by atoms with Crippen molar-refractivity contribution < 1.29 is 4.79 Å². The van der Waals surface area contributed by atoms with Gasteiger partial charge in [-0.2, -0.15) is 0 Å². The van der Waals surface area contributed by atoms with E-state index in [4.69, 9.17) is 0 Å². The number of thiazole rings is 1. The van der Waals surface area contributed by atoms with Crippen LogP contribution in [0.4, 0.5) is 5.13 Å². The number of halogens is 1. The molecule has 0 aliphatic carbocycles. The van der Waals surface area contributed by atoms with Crippen LogP contribution in [0.5, 0.6) is 0 Å². The predicted molar refractivity (Wildman–Crippen MR) is 87.3 cm³/mol. The molecule has 0 unspecified atom stereocenters. The van der Waals surface area contributed by atoms with Crippen LogP contribution < -0.4 is 4.90 Å². The molecule has 0 saturated carbocycles. The second-order valence-electron chi connectivity index (χ2n) is 4.23. The average molecular weight is 405 g/mol. The first-order valence-corrected chi connectivity index (χ1v) is 8.75. The molecule has 0 aromatic carbocycles. The molecule has 1 aliphatic rings. The third-order valence-electron chi connectivity index (χ3n) is 3.07. The number of thiophene rings is 1. The van der Waals surface area contributed by atoms with Crippen LogP contribution in [-0.4, -0.2) is 42.0 Å². The van der Waals surface area contributed by atoms with Crippen molar-refractivity contribution in [3.05, 3.63) is 31.5 Å². The molecular weight excluding hydrogens is 393 g/mol. The molecule has 7 heteroatoms. The summed E-state index contributed by atoms with van der Waals surface area (Å²) in [6.07, 6.45) is 1.82. The number of nitrogens with zero attached hydrogens (tertiary/aromatic N) is 3. The lowest BCUT2D eigenvalue weighted by atomic mass is 10.2. The van der Waals surface area contributed by atoms with Gasteiger partial charge in [0, 0.05) is 43.1 Å². The van der Waals surface area contributed by atoms with Gasteiger partial charge in [-0.15, -0.1) is 22.7 Å². The summed E-state index contributed by atoms with van der Waals surface area (Å²) in [4.78, 5) is 20.8. The Bertz CT molecular complexity index is 561. The van der Waals surface area contributed by atoms with E-state index >= 15 is 0 Å². The molecule has 0 bridgehead atoms. The molecule has 1 aliphatic heterocycles. The molecule has 4 nitrogen and oxygen atoms in total. The van der Waals surface area contributed by atoms with Gasteiger partial charge < -0.3 is 9.80 Å². The van der Waals surface area contributed by atoms with E-state index in [1.165, 1.54) is 0 Å². The zero-order chi connectivity index (χ0) is 13.2. The van der Waals surface area contributed by atoms with Crippen molar-refractivity contribution in [2.24, 2.45) is 0 Å². The van der Waals surface area contributed by atoms with Crippen LogP contribution in [0.15, 0.2) is 23.0 Å². The van der Waals surface area contributed by atoms with Gasteiger partial charge in [-0.1, -0.05) is 0 Å². The van der Waals surface area contributed by atoms with Gasteiger partial charge in [0.15, 0.2) is 5.13 Å². The summed E-state index contributed by atoms with van der Waals surface area (Å²) in [5.74, 6) is 0.151. The molecule has 1 amide bonds. The molecule has 0 atom stereocenters. The largest absolute Gasteiger partial charge is 0.345 e. The molecule has 3 rings (SSSR count). The number of anilines is 1. The van der Waals surface area contributed by atoms with Gasteiger partial charge in [0.05, 0.1) is 8.45 Å². The Hall–Kier alpha value is -0.670. The molecule has 2 aromatic rings. The van der Waals surface area contributed by atoms with Gasteiger partial charge in [-0.3, -0.25) is 4.79 Å². The molecule has 1 fully saturated rings. The van der Waals surface area contributed by atoms with Gasteiger partial charge in [0.2, 0.25) is 0 Å². The van der Waals surface area contributed by atoms with Gasteiger partial charge in [0.25, 0.3) is 5.91 Å². The summed E-state index contributed by atoms with van der Waals surface area (Å²) in [7, 11) is 0. The number of carbonyl (C=O) groups is 1. The zero-order valence-corrected chi connectivity index (χ0v) is 13.9. The summed E-state index contributed by atoms with van der Waals surface area (Å²) in [6.45, 7) is 3.26. The van der Waals surface area contributed by atoms with Crippen molar-refractivity contribution in [3.63, 3.8) is 0 Å². The van der Waals surface area contributed by atoms with E-state index < -0.39 is 0 Å². The van der Waals surface area contributed by atoms with E-state index in [1.54, 1.807) is 22.7 Å². The third-order valence-corrected chi connectivity index (χ3v) is 5.69. The van der Waals surface area contributed by atoms with Crippen molar-refractivity contribution in [2.45, 2.75) is 0 Å². The van der Waals surface area contributed by atoms with Gasteiger partial charge in [-0.25, -0.2) is 4.98 Å². The van der Waals surface area contributed by atoms with Crippen LogP contribution >= 0.6 is 45.3 Å². The van der Waals surface area contributed by atoms with Gasteiger partial charge in [-0.05, 0) is 28.7 Å². The first-order valence-electron chi connectivity index (χ1n) is 5.92. The Kier molecular flexibility index (Phi) is 4.04. The Morgan fingerprint density at radius 1 is 1.26 bits per heavy atom. The summed E-state index contributed by atoms with van der Waals surface area (Å²) < 4.78 is 1.15. The SMILES string of the molecule is O=C(c1csc(I)c1)N1CCN(c2nccs2)CC1. The summed E-state index contributed by atoms with van der Waals surface area (Å²) in [5.41, 5.74) is 0.817. The summed E-state index contributed by atoms with van der Waals surface area (Å²) in [5, 5.41) is 4.98. The Morgan fingerprint density at radius 3 is 2.63 bits per heavy atom. The van der Waals surface area contributed by atoms with Crippen molar-refractivity contribution in [3.8, 4) is 0 Å². The number of hydrogen-bond acceptors (Lipinski definition) is 5. The Morgan fingerprint density at radius 2 is 2.05 bits per heavy atom. The molecule has 19 heavy (non-hydrogen) atoms.